The zero-order valence-corrected chi connectivity index (χ0v) is 12.2. The van der Waals surface area contributed by atoms with Crippen molar-refractivity contribution in [3.05, 3.63) is 0 Å². The lowest BCUT2D eigenvalue weighted by Gasteiger charge is -2.43. The van der Waals surface area contributed by atoms with Gasteiger partial charge in [-0.05, 0) is 33.6 Å². The molecule has 0 spiro atoms. The molecule has 1 rings (SSSR count). The first-order valence-corrected chi connectivity index (χ1v) is 7.85. The van der Waals surface area contributed by atoms with Crippen molar-refractivity contribution < 1.29 is 18.3 Å². The fourth-order valence-electron chi connectivity index (χ4n) is 2.42. The molecule has 106 valence electrons. The summed E-state index contributed by atoms with van der Waals surface area (Å²) in [6.07, 6.45) is 1.35. The third-order valence-corrected chi connectivity index (χ3v) is 4.49. The minimum Gasteiger partial charge on any atom is -0.465 e. The van der Waals surface area contributed by atoms with Crippen LogP contribution in [0.15, 0.2) is 0 Å². The lowest BCUT2D eigenvalue weighted by molar-refractivity contribution is 0.0524. The van der Waals surface area contributed by atoms with Crippen molar-refractivity contribution in [2.45, 2.75) is 45.2 Å². The second-order valence-electron chi connectivity index (χ2n) is 5.72. The third-order valence-electron chi connectivity index (χ3n) is 3.19. The summed E-state index contributed by atoms with van der Waals surface area (Å²) < 4.78 is 24.2. The lowest BCUT2D eigenvalue weighted by Crippen LogP contribution is -2.55. The Morgan fingerprint density at radius 3 is 2.00 bits per heavy atom. The Balaban J connectivity index is 2.75. The van der Waals surface area contributed by atoms with E-state index in [4.69, 9.17) is 0 Å². The van der Waals surface area contributed by atoms with Crippen LogP contribution >= 0.6 is 0 Å². The predicted molar refractivity (Wildman–Crippen MR) is 69.1 cm³/mol. The molecule has 7 heteroatoms. The molecule has 0 aromatic rings. The molecule has 1 amide bonds. The van der Waals surface area contributed by atoms with E-state index in [2.05, 4.69) is 0 Å². The van der Waals surface area contributed by atoms with Crippen LogP contribution < -0.4 is 0 Å². The highest BCUT2D eigenvalue weighted by atomic mass is 32.2. The van der Waals surface area contributed by atoms with Crippen LogP contribution in [0.1, 0.15) is 33.6 Å². The Hall–Kier alpha value is -0.820. The van der Waals surface area contributed by atoms with E-state index in [1.54, 1.807) is 0 Å². The van der Waals surface area contributed by atoms with Gasteiger partial charge in [-0.2, -0.15) is 0 Å². The number of hydrogen-bond donors (Lipinski definition) is 1. The second kappa shape index (κ2) is 5.05. The van der Waals surface area contributed by atoms with Gasteiger partial charge in [0.25, 0.3) is 0 Å². The monoisotopic (exact) mass is 278 g/mol. The Labute approximate surface area is 109 Å². The molecule has 0 radical (unpaired) electrons. The van der Waals surface area contributed by atoms with Gasteiger partial charge in [0.15, 0.2) is 0 Å². The highest BCUT2D eigenvalue weighted by Gasteiger charge is 2.36. The summed E-state index contributed by atoms with van der Waals surface area (Å²) in [6, 6.07) is -0.111. The molecule has 1 aliphatic heterocycles. The molecule has 1 fully saturated rings. The third kappa shape index (κ3) is 3.58. The quantitative estimate of drug-likeness (QED) is 0.823. The molecule has 0 aromatic heterocycles. The number of carbonyl (C=O) groups is 1. The van der Waals surface area contributed by atoms with Gasteiger partial charge in [-0.3, -0.25) is 0 Å². The maximum atomic E-state index is 11.4. The average Bonchev–Trinajstić information content (AvgIpc) is 2.13. The van der Waals surface area contributed by atoms with Crippen LogP contribution in [0.3, 0.4) is 0 Å². The molecule has 0 aromatic carbocycles. The molecule has 1 N–H and O–H groups in total. The van der Waals surface area contributed by atoms with E-state index < -0.39 is 21.7 Å². The van der Waals surface area contributed by atoms with Gasteiger partial charge in [0.05, 0.1) is 6.26 Å². The van der Waals surface area contributed by atoms with Gasteiger partial charge in [-0.15, -0.1) is 0 Å². The molecule has 0 saturated carbocycles. The summed E-state index contributed by atoms with van der Waals surface area (Å²) in [5.41, 5.74) is -0.468. The van der Waals surface area contributed by atoms with Crippen LogP contribution in [-0.2, 0) is 10.0 Å². The van der Waals surface area contributed by atoms with Gasteiger partial charge in [-0.1, -0.05) is 0 Å². The topological polar surface area (TPSA) is 77.9 Å². The van der Waals surface area contributed by atoms with E-state index in [0.717, 1.165) is 0 Å². The normalized spacial score (nSPS) is 19.8. The molecular formula is C11H22N2O4S. The first-order chi connectivity index (χ1) is 8.03. The molecule has 0 bridgehead atoms. The average molecular weight is 278 g/mol. The van der Waals surface area contributed by atoms with Gasteiger partial charge >= 0.3 is 6.09 Å². The van der Waals surface area contributed by atoms with E-state index >= 15 is 0 Å². The van der Waals surface area contributed by atoms with Crippen LogP contribution in [0.4, 0.5) is 4.79 Å². The van der Waals surface area contributed by atoms with E-state index in [1.807, 2.05) is 20.8 Å². The van der Waals surface area contributed by atoms with E-state index in [9.17, 15) is 18.3 Å². The summed E-state index contributed by atoms with van der Waals surface area (Å²) in [5, 5.41) is 9.28. The lowest BCUT2D eigenvalue weighted by atomic mass is 9.98. The minimum absolute atomic E-state index is 0.111. The Kier molecular flexibility index (Phi) is 4.27. The van der Waals surface area contributed by atoms with Crippen LogP contribution in [0.5, 0.6) is 0 Å². The van der Waals surface area contributed by atoms with Gasteiger partial charge < -0.3 is 10.0 Å². The summed E-state index contributed by atoms with van der Waals surface area (Å²) in [7, 11) is -3.16. The van der Waals surface area contributed by atoms with Crippen LogP contribution in [0, 0.1) is 0 Å². The molecule has 18 heavy (non-hydrogen) atoms. The number of piperidine rings is 1. The van der Waals surface area contributed by atoms with Crippen molar-refractivity contribution in [3.63, 3.8) is 0 Å². The fourth-order valence-corrected chi connectivity index (χ4v) is 3.30. The van der Waals surface area contributed by atoms with E-state index in [0.29, 0.717) is 25.9 Å². The van der Waals surface area contributed by atoms with Gasteiger partial charge in [-0.25, -0.2) is 17.5 Å². The predicted octanol–water partition coefficient (Wildman–Crippen LogP) is 1.19. The summed E-state index contributed by atoms with van der Waals surface area (Å²) in [5.74, 6) is 0. The van der Waals surface area contributed by atoms with Crippen LogP contribution in [-0.4, -0.2) is 59.7 Å². The summed E-state index contributed by atoms with van der Waals surface area (Å²) in [6.45, 7) is 6.34. The van der Waals surface area contributed by atoms with E-state index in [-0.39, 0.29) is 6.04 Å². The van der Waals surface area contributed by atoms with Gasteiger partial charge in [0, 0.05) is 24.7 Å². The van der Waals surface area contributed by atoms with Crippen molar-refractivity contribution >= 4 is 16.1 Å². The standard InChI is InChI=1S/C11H22N2O4S/c1-11(2,3)13(10(14)15)9-5-7-12(8-6-9)18(4,16)17/h9H,5-8H2,1-4H3,(H,14,15). The largest absolute Gasteiger partial charge is 0.465 e. The minimum atomic E-state index is -3.16. The van der Waals surface area contributed by atoms with Crippen molar-refractivity contribution in [1.82, 2.24) is 9.21 Å². The van der Waals surface area contributed by atoms with E-state index in [1.165, 1.54) is 15.5 Å². The highest BCUT2D eigenvalue weighted by Crippen LogP contribution is 2.25. The number of sulfonamides is 1. The first kappa shape index (κ1) is 15.2. The molecular weight excluding hydrogens is 256 g/mol. The summed E-state index contributed by atoms with van der Waals surface area (Å²) >= 11 is 0. The molecule has 1 saturated heterocycles. The SMILES string of the molecule is CC(C)(C)N(C(=O)O)C1CCN(S(C)(=O)=O)CC1. The smallest absolute Gasteiger partial charge is 0.407 e. The number of nitrogens with zero attached hydrogens (tertiary/aromatic N) is 2. The van der Waals surface area contributed by atoms with Crippen LogP contribution in [0.25, 0.3) is 0 Å². The number of carboxylic acid groups (broad SMARTS) is 1. The van der Waals surface area contributed by atoms with Crippen molar-refractivity contribution in [1.29, 1.82) is 0 Å². The van der Waals surface area contributed by atoms with Gasteiger partial charge in [0.2, 0.25) is 10.0 Å². The zero-order valence-electron chi connectivity index (χ0n) is 11.4. The molecule has 0 unspecified atom stereocenters. The number of rotatable bonds is 2. The Morgan fingerprint density at radius 2 is 1.72 bits per heavy atom. The highest BCUT2D eigenvalue weighted by molar-refractivity contribution is 7.88. The number of hydrogen-bond acceptors (Lipinski definition) is 3. The number of amides is 1. The fraction of sp³-hybridized carbons (Fsp3) is 0.909. The Bertz CT molecular complexity index is 405. The first-order valence-electron chi connectivity index (χ1n) is 6.01. The molecule has 0 atom stereocenters. The van der Waals surface area contributed by atoms with Crippen molar-refractivity contribution in [3.8, 4) is 0 Å². The zero-order chi connectivity index (χ0) is 14.1. The summed E-state index contributed by atoms with van der Waals surface area (Å²) in [4.78, 5) is 12.8. The molecule has 0 aliphatic carbocycles. The second-order valence-corrected chi connectivity index (χ2v) is 7.70. The van der Waals surface area contributed by atoms with Crippen molar-refractivity contribution in [2.24, 2.45) is 0 Å². The van der Waals surface area contributed by atoms with Crippen molar-refractivity contribution in [2.75, 3.05) is 19.3 Å². The maximum absolute atomic E-state index is 11.4. The van der Waals surface area contributed by atoms with Crippen LogP contribution in [0.2, 0.25) is 0 Å². The van der Waals surface area contributed by atoms with Gasteiger partial charge in [0.1, 0.15) is 0 Å². The molecule has 6 nitrogen and oxygen atoms in total. The Morgan fingerprint density at radius 1 is 1.28 bits per heavy atom. The molecule has 1 heterocycles. The molecule has 1 aliphatic rings. The maximum Gasteiger partial charge on any atom is 0.407 e.